The molecule has 0 radical (unpaired) electrons. The van der Waals surface area contributed by atoms with Crippen molar-refractivity contribution in [3.05, 3.63) is 103 Å². The van der Waals surface area contributed by atoms with Crippen molar-refractivity contribution in [2.75, 3.05) is 9.62 Å². The van der Waals surface area contributed by atoms with E-state index in [0.29, 0.717) is 16.8 Å². The summed E-state index contributed by atoms with van der Waals surface area (Å²) >= 11 is 0. The van der Waals surface area contributed by atoms with E-state index in [1.807, 2.05) is 48.5 Å². The highest BCUT2D eigenvalue weighted by atomic mass is 32.2. The van der Waals surface area contributed by atoms with Crippen LogP contribution in [0.5, 0.6) is 0 Å². The molecule has 4 aromatic rings. The third kappa shape index (κ3) is 4.36. The Kier molecular flexibility index (Phi) is 5.96. The van der Waals surface area contributed by atoms with Crippen LogP contribution in [0.3, 0.4) is 0 Å². The molecule has 4 aromatic carbocycles. The number of anilines is 2. The van der Waals surface area contributed by atoms with E-state index >= 15 is 0 Å². The Bertz CT molecular complexity index is 1510. The number of sulfonamides is 1. The predicted octanol–water partition coefficient (Wildman–Crippen LogP) is 4.06. The fourth-order valence-corrected chi connectivity index (χ4v) is 6.16. The fraction of sp³-hybridized carbons (Fsp3) is 0.111. The molecule has 1 atom stereocenters. The van der Waals surface area contributed by atoms with Crippen molar-refractivity contribution in [2.24, 2.45) is 0 Å². The van der Waals surface area contributed by atoms with Crippen molar-refractivity contribution in [1.82, 2.24) is 5.32 Å². The van der Waals surface area contributed by atoms with Gasteiger partial charge in [0.15, 0.2) is 0 Å². The molecule has 2 N–H and O–H groups in total. The van der Waals surface area contributed by atoms with E-state index in [0.717, 1.165) is 15.3 Å². The fourth-order valence-electron chi connectivity index (χ4n) is 4.31. The van der Waals surface area contributed by atoms with Gasteiger partial charge < -0.3 is 10.6 Å². The van der Waals surface area contributed by atoms with Gasteiger partial charge in [0.1, 0.15) is 6.04 Å². The molecule has 0 saturated carbocycles. The number of nitrogens with zero attached hydrogens (tertiary/aromatic N) is 1. The van der Waals surface area contributed by atoms with Crippen LogP contribution < -0.4 is 14.9 Å². The van der Waals surface area contributed by atoms with E-state index < -0.39 is 27.9 Å². The first-order chi connectivity index (χ1) is 16.9. The minimum Gasteiger partial charge on any atom is -0.352 e. The molecule has 0 aliphatic carbocycles. The van der Waals surface area contributed by atoms with Crippen molar-refractivity contribution in [3.63, 3.8) is 0 Å². The lowest BCUT2D eigenvalue weighted by molar-refractivity contribution is -0.125. The van der Waals surface area contributed by atoms with Gasteiger partial charge in [-0.2, -0.15) is 0 Å². The Hall–Kier alpha value is -4.17. The molecular formula is C27H23N3O4S. The molecule has 0 bridgehead atoms. The summed E-state index contributed by atoms with van der Waals surface area (Å²) in [6.45, 7) is 0.278. The Morgan fingerprint density at radius 3 is 2.37 bits per heavy atom. The quantitative estimate of drug-likeness (QED) is 0.431. The third-order valence-corrected chi connectivity index (χ3v) is 7.86. The van der Waals surface area contributed by atoms with Gasteiger partial charge >= 0.3 is 0 Å². The van der Waals surface area contributed by atoms with Crippen LogP contribution >= 0.6 is 0 Å². The summed E-state index contributed by atoms with van der Waals surface area (Å²) in [6, 6.07) is 27.0. The zero-order chi connectivity index (χ0) is 24.4. The van der Waals surface area contributed by atoms with Gasteiger partial charge in [-0.25, -0.2) is 8.42 Å². The minimum atomic E-state index is -4.20. The molecule has 0 fully saturated rings. The van der Waals surface area contributed by atoms with Crippen LogP contribution in [0, 0.1) is 0 Å². The molecule has 0 spiro atoms. The molecule has 7 nitrogen and oxygen atoms in total. The summed E-state index contributed by atoms with van der Waals surface area (Å²) in [7, 11) is -4.20. The lowest BCUT2D eigenvalue weighted by atomic mass is 10.1. The smallest absolute Gasteiger partial charge is 0.265 e. The van der Waals surface area contributed by atoms with Crippen molar-refractivity contribution in [1.29, 1.82) is 0 Å². The Labute approximate surface area is 203 Å². The zero-order valence-electron chi connectivity index (χ0n) is 18.7. The van der Waals surface area contributed by atoms with Gasteiger partial charge in [-0.3, -0.25) is 13.9 Å². The van der Waals surface area contributed by atoms with Crippen LogP contribution in [0.1, 0.15) is 12.0 Å². The highest BCUT2D eigenvalue weighted by molar-refractivity contribution is 7.93. The number of carbonyl (C=O) groups excluding carboxylic acids is 2. The average Bonchev–Trinajstić information content (AvgIpc) is 2.88. The standard InChI is InChI=1S/C27H23N3O4S/c31-26(28-18-19-9-2-1-3-10-19)17-24-27(32)29-22-14-6-7-15-23(22)30(24)35(33,34)25-16-8-12-20-11-4-5-13-21(20)25/h1-16,24H,17-18H2,(H,28,31)(H,29,32). The molecule has 1 heterocycles. The number of carbonyl (C=O) groups is 2. The molecule has 35 heavy (non-hydrogen) atoms. The van der Waals surface area contributed by atoms with Gasteiger partial charge in [0.05, 0.1) is 22.7 Å². The molecule has 0 saturated heterocycles. The minimum absolute atomic E-state index is 0.0785. The number of fused-ring (bicyclic) bond motifs is 2. The van der Waals surface area contributed by atoms with E-state index in [-0.39, 0.29) is 17.9 Å². The third-order valence-electron chi connectivity index (χ3n) is 5.98. The lowest BCUT2D eigenvalue weighted by Gasteiger charge is -2.37. The van der Waals surface area contributed by atoms with E-state index in [1.54, 1.807) is 42.5 Å². The molecule has 8 heteroatoms. The van der Waals surface area contributed by atoms with Gasteiger partial charge in [0.25, 0.3) is 10.0 Å². The first-order valence-corrected chi connectivity index (χ1v) is 12.6. The number of para-hydroxylation sites is 2. The van der Waals surface area contributed by atoms with E-state index in [2.05, 4.69) is 10.6 Å². The van der Waals surface area contributed by atoms with Crippen LogP contribution in [-0.4, -0.2) is 26.3 Å². The summed E-state index contributed by atoms with van der Waals surface area (Å²) < 4.78 is 29.3. The monoisotopic (exact) mass is 485 g/mol. The predicted molar refractivity (Wildman–Crippen MR) is 135 cm³/mol. The van der Waals surface area contributed by atoms with Gasteiger partial charge in [-0.05, 0) is 29.1 Å². The second-order valence-electron chi connectivity index (χ2n) is 8.27. The molecule has 0 aromatic heterocycles. The van der Waals surface area contributed by atoms with Crippen LogP contribution in [0.25, 0.3) is 10.8 Å². The average molecular weight is 486 g/mol. The summed E-state index contributed by atoms with van der Waals surface area (Å²) in [4.78, 5) is 26.1. The van der Waals surface area contributed by atoms with E-state index in [1.165, 1.54) is 6.07 Å². The van der Waals surface area contributed by atoms with Gasteiger partial charge in [0.2, 0.25) is 11.8 Å². The van der Waals surface area contributed by atoms with Crippen LogP contribution in [-0.2, 0) is 26.2 Å². The molecule has 1 aliphatic rings. The van der Waals surface area contributed by atoms with Crippen molar-refractivity contribution >= 4 is 44.0 Å². The summed E-state index contributed by atoms with van der Waals surface area (Å²) in [5, 5.41) is 6.86. The van der Waals surface area contributed by atoms with Gasteiger partial charge in [0, 0.05) is 11.9 Å². The molecule has 1 unspecified atom stereocenters. The van der Waals surface area contributed by atoms with Crippen LogP contribution in [0.2, 0.25) is 0 Å². The second kappa shape index (κ2) is 9.23. The number of rotatable bonds is 6. The number of nitrogens with one attached hydrogen (secondary N) is 2. The highest BCUT2D eigenvalue weighted by Gasteiger charge is 2.42. The molecule has 2 amide bonds. The maximum Gasteiger partial charge on any atom is 0.265 e. The first-order valence-electron chi connectivity index (χ1n) is 11.2. The summed E-state index contributed by atoms with van der Waals surface area (Å²) in [5.41, 5.74) is 1.60. The molecule has 176 valence electrons. The molecular weight excluding hydrogens is 462 g/mol. The Balaban J connectivity index is 1.53. The molecule has 5 rings (SSSR count). The van der Waals surface area contributed by atoms with E-state index in [4.69, 9.17) is 0 Å². The zero-order valence-corrected chi connectivity index (χ0v) is 19.5. The SMILES string of the molecule is O=C(CC1C(=O)Nc2ccccc2N1S(=O)(=O)c1cccc2ccccc12)NCc1ccccc1. The van der Waals surface area contributed by atoms with Crippen molar-refractivity contribution in [3.8, 4) is 0 Å². The van der Waals surface area contributed by atoms with Crippen LogP contribution in [0.15, 0.2) is 102 Å². The normalized spacial score (nSPS) is 15.4. The second-order valence-corrected chi connectivity index (χ2v) is 10.1. The lowest BCUT2D eigenvalue weighted by Crippen LogP contribution is -2.52. The summed E-state index contributed by atoms with van der Waals surface area (Å²) in [5.74, 6) is -0.978. The number of hydrogen-bond acceptors (Lipinski definition) is 4. The first kappa shape index (κ1) is 22.6. The van der Waals surface area contributed by atoms with Crippen molar-refractivity contribution < 1.29 is 18.0 Å². The van der Waals surface area contributed by atoms with Crippen LogP contribution in [0.4, 0.5) is 11.4 Å². The maximum atomic E-state index is 14.1. The van der Waals surface area contributed by atoms with Gasteiger partial charge in [-0.1, -0.05) is 78.9 Å². The molecule has 1 aliphatic heterocycles. The van der Waals surface area contributed by atoms with E-state index in [9.17, 15) is 18.0 Å². The Morgan fingerprint density at radius 2 is 1.54 bits per heavy atom. The van der Waals surface area contributed by atoms with Crippen molar-refractivity contribution in [2.45, 2.75) is 23.9 Å². The highest BCUT2D eigenvalue weighted by Crippen LogP contribution is 2.38. The Morgan fingerprint density at radius 1 is 0.857 bits per heavy atom. The maximum absolute atomic E-state index is 14.1. The number of amides is 2. The largest absolute Gasteiger partial charge is 0.352 e. The number of benzene rings is 4. The topological polar surface area (TPSA) is 95.6 Å². The summed E-state index contributed by atoms with van der Waals surface area (Å²) in [6.07, 6.45) is -0.322. The number of hydrogen-bond donors (Lipinski definition) is 2. The van der Waals surface area contributed by atoms with Gasteiger partial charge in [-0.15, -0.1) is 0 Å².